The first-order chi connectivity index (χ1) is 25.7. The Kier molecular flexibility index (Phi) is 11.6. The van der Waals surface area contributed by atoms with Crippen LogP contribution in [-0.2, 0) is 13.2 Å². The van der Waals surface area contributed by atoms with Gasteiger partial charge in [0.25, 0.3) is 0 Å². The highest BCUT2D eigenvalue weighted by molar-refractivity contribution is 6.66. The molecule has 2 heterocycles. The van der Waals surface area contributed by atoms with Gasteiger partial charge in [0.1, 0.15) is 36.1 Å². The summed E-state index contributed by atoms with van der Waals surface area (Å²) in [4.78, 5) is 0. The molecule has 0 radical (unpaired) electrons. The zero-order valence-electron chi connectivity index (χ0n) is 27.7. The molecule has 2 aromatic heterocycles. The van der Waals surface area contributed by atoms with E-state index in [1.807, 2.05) is 0 Å². The van der Waals surface area contributed by atoms with Gasteiger partial charge in [-0.1, -0.05) is 46.7 Å². The molecule has 0 spiro atoms. The topological polar surface area (TPSA) is 313 Å². The molecule has 0 unspecified atom stereocenters. The van der Waals surface area contributed by atoms with Crippen molar-refractivity contribution in [1.29, 1.82) is 0 Å². The highest BCUT2D eigenvalue weighted by Gasteiger charge is 2.25. The molecule has 0 saturated carbocycles. The monoisotopic (exact) mass is 738 g/mol. The van der Waals surface area contributed by atoms with Crippen molar-refractivity contribution < 1.29 is 78.8 Å². The van der Waals surface area contributed by atoms with Crippen LogP contribution in [0.3, 0.4) is 0 Å². The van der Waals surface area contributed by atoms with E-state index in [0.29, 0.717) is 0 Å². The molecule has 0 aliphatic heterocycles. The number of rotatable bonds is 14. The minimum Gasteiger partial charge on any atom is -0.486 e. The first-order valence-electron chi connectivity index (χ1n) is 15.9. The van der Waals surface area contributed by atoms with E-state index in [4.69, 9.17) is 18.5 Å². The Morgan fingerprint density at radius 3 is 1.04 bits per heavy atom. The van der Waals surface area contributed by atoms with E-state index in [1.54, 1.807) is 0 Å². The smallest absolute Gasteiger partial charge is 0.486 e. The second kappa shape index (κ2) is 16.2. The number of hydrogen-bond donors (Lipinski definition) is 12. The van der Waals surface area contributed by atoms with Crippen molar-refractivity contribution >= 4 is 86.3 Å². The Balaban J connectivity index is 1.23. The van der Waals surface area contributed by atoms with Gasteiger partial charge in [0, 0.05) is 23.3 Å². The largest absolute Gasteiger partial charge is 0.489 e. The summed E-state index contributed by atoms with van der Waals surface area (Å²) in [5, 5.41) is 126. The van der Waals surface area contributed by atoms with Gasteiger partial charge < -0.3 is 78.8 Å². The molecular weight excluding hydrogens is 709 g/mol. The molecule has 0 fully saturated rings. The van der Waals surface area contributed by atoms with E-state index in [1.165, 1.54) is 72.8 Å². The number of fused-ring (bicyclic) bond motifs is 1. The number of nitrogens with zero attached hydrogens (tertiary/aromatic N) is 2. The van der Waals surface area contributed by atoms with Gasteiger partial charge in [-0.3, -0.25) is 0 Å². The first-order valence-corrected chi connectivity index (χ1v) is 15.9. The maximum atomic E-state index is 10.3. The molecular formula is C30H28B6N2O16. The predicted molar refractivity (Wildman–Crippen MR) is 195 cm³/mol. The summed E-state index contributed by atoms with van der Waals surface area (Å²) in [5.74, 6) is 0.478. The van der Waals surface area contributed by atoms with Crippen LogP contribution in [0.15, 0.2) is 81.8 Å². The van der Waals surface area contributed by atoms with Gasteiger partial charge >= 0.3 is 42.7 Å². The maximum absolute atomic E-state index is 10.3. The zero-order valence-corrected chi connectivity index (χ0v) is 27.7. The lowest BCUT2D eigenvalue weighted by Gasteiger charge is -2.15. The molecule has 6 rings (SSSR count). The summed E-state index contributed by atoms with van der Waals surface area (Å²) in [5.41, 5.74) is 0.719. The molecule has 0 aliphatic rings. The summed E-state index contributed by atoms with van der Waals surface area (Å²) in [7, 11) is -11.7. The zero-order chi connectivity index (χ0) is 38.8. The Morgan fingerprint density at radius 1 is 0.407 bits per heavy atom. The van der Waals surface area contributed by atoms with Crippen molar-refractivity contribution in [3.8, 4) is 34.0 Å². The molecule has 4 aromatic carbocycles. The van der Waals surface area contributed by atoms with Gasteiger partial charge in [-0.25, -0.2) is 0 Å². The van der Waals surface area contributed by atoms with Gasteiger partial charge in [0.2, 0.25) is 0 Å². The van der Waals surface area contributed by atoms with Crippen LogP contribution in [0.4, 0.5) is 0 Å². The van der Waals surface area contributed by atoms with Gasteiger partial charge in [-0.15, -0.1) is 0 Å². The molecule has 18 nitrogen and oxygen atoms in total. The van der Waals surface area contributed by atoms with E-state index < -0.39 is 42.7 Å². The van der Waals surface area contributed by atoms with Crippen LogP contribution in [0.1, 0.15) is 11.5 Å². The lowest BCUT2D eigenvalue weighted by molar-refractivity contribution is 0.249. The van der Waals surface area contributed by atoms with Crippen molar-refractivity contribution in [2.45, 2.75) is 13.2 Å². The molecule has 0 saturated heterocycles. The number of aromatic nitrogens is 2. The summed E-state index contributed by atoms with van der Waals surface area (Å²) >= 11 is 0. The SMILES string of the molecule is OB(O)c1cc(B(O)O)cc(-c2cc(COc3cc(B(O)O)c4cc(OCc5cc(-c6cc(B(O)O)cc(B(O)O)c6)no5)cc(B(O)O)c4c3)on2)c1. The standard InChI is InChI=1S/C30H28B6N2O16/c39-31(40)17-1-15(2-18(5-17)32(41)42)29-11-23(53-37-29)13-51-21-7-25-26(27(9-21)35(47)48)8-22(10-28(25)36(49)50)52-14-24-12-30(38-54-24)16-3-19(33(43)44)6-20(4-16)34(45)46/h1-12,39-50H,13-14H2. The maximum Gasteiger partial charge on any atom is 0.489 e. The van der Waals surface area contributed by atoms with Gasteiger partial charge in [0.05, 0.1) is 0 Å². The number of hydrogen-bond acceptors (Lipinski definition) is 18. The Hall–Kier alpha value is -4.93. The van der Waals surface area contributed by atoms with E-state index >= 15 is 0 Å². The van der Waals surface area contributed by atoms with Crippen LogP contribution in [-0.4, -0.2) is 113 Å². The van der Waals surface area contributed by atoms with Crippen LogP contribution < -0.4 is 42.3 Å². The van der Waals surface area contributed by atoms with Crippen LogP contribution in [0.2, 0.25) is 0 Å². The Morgan fingerprint density at radius 2 is 0.741 bits per heavy atom. The van der Waals surface area contributed by atoms with E-state index in [9.17, 15) is 60.3 Å². The number of benzene rings is 4. The highest BCUT2D eigenvalue weighted by Crippen LogP contribution is 2.26. The molecule has 6 aromatic rings. The van der Waals surface area contributed by atoms with Crippen molar-refractivity contribution in [1.82, 2.24) is 10.3 Å². The fraction of sp³-hybridized carbons (Fsp3) is 0.0667. The first kappa shape index (κ1) is 38.8. The third kappa shape index (κ3) is 8.71. The Bertz CT molecular complexity index is 2060. The fourth-order valence-corrected chi connectivity index (χ4v) is 5.65. The van der Waals surface area contributed by atoms with Crippen LogP contribution in [0, 0.1) is 0 Å². The fourth-order valence-electron chi connectivity index (χ4n) is 5.65. The second-order valence-corrected chi connectivity index (χ2v) is 12.1. The van der Waals surface area contributed by atoms with Crippen molar-refractivity contribution in [2.24, 2.45) is 0 Å². The molecule has 54 heavy (non-hydrogen) atoms. The van der Waals surface area contributed by atoms with Gasteiger partial charge in [0.15, 0.2) is 11.5 Å². The van der Waals surface area contributed by atoms with Crippen molar-refractivity contribution in [2.75, 3.05) is 0 Å². The summed E-state index contributed by atoms with van der Waals surface area (Å²) < 4.78 is 22.3. The molecule has 24 heteroatoms. The minimum atomic E-state index is -2.05. The lowest BCUT2D eigenvalue weighted by Crippen LogP contribution is -2.38. The summed E-state index contributed by atoms with van der Waals surface area (Å²) in [6, 6.07) is 16.2. The lowest BCUT2D eigenvalue weighted by atomic mass is 9.71. The third-order valence-corrected chi connectivity index (χ3v) is 8.26. The number of ether oxygens (including phenoxy) is 2. The highest BCUT2D eigenvalue weighted by atomic mass is 16.5. The predicted octanol–water partition coefficient (Wildman–Crippen LogP) is -6.61. The normalized spacial score (nSPS) is 11.1. The van der Waals surface area contributed by atoms with Crippen molar-refractivity contribution in [3.05, 3.63) is 84.3 Å². The van der Waals surface area contributed by atoms with Crippen LogP contribution in [0.5, 0.6) is 11.5 Å². The van der Waals surface area contributed by atoms with Gasteiger partial charge in [-0.05, 0) is 67.8 Å². The minimum absolute atomic E-state index is 0.0198. The molecule has 12 N–H and O–H groups in total. The van der Waals surface area contributed by atoms with Crippen molar-refractivity contribution in [3.63, 3.8) is 0 Å². The second-order valence-electron chi connectivity index (χ2n) is 12.1. The van der Waals surface area contributed by atoms with Crippen LogP contribution in [0.25, 0.3) is 33.3 Å². The van der Waals surface area contributed by atoms with E-state index in [0.717, 1.165) is 0 Å². The summed E-state index contributed by atoms with van der Waals surface area (Å²) in [6.07, 6.45) is 0. The Labute approximate surface area is 306 Å². The molecule has 0 amide bonds. The third-order valence-electron chi connectivity index (χ3n) is 8.26. The average molecular weight is 737 g/mol. The molecule has 0 bridgehead atoms. The average Bonchev–Trinajstić information content (AvgIpc) is 3.82. The molecule has 0 atom stereocenters. The quantitative estimate of drug-likeness (QED) is 0.0462. The van der Waals surface area contributed by atoms with Gasteiger partial charge in [-0.2, -0.15) is 0 Å². The van der Waals surface area contributed by atoms with Crippen LogP contribution >= 0.6 is 0 Å². The molecule has 0 aliphatic carbocycles. The van der Waals surface area contributed by atoms with E-state index in [-0.39, 0.29) is 102 Å². The molecule has 272 valence electrons. The van der Waals surface area contributed by atoms with E-state index in [2.05, 4.69) is 10.3 Å². The summed E-state index contributed by atoms with van der Waals surface area (Å²) in [6.45, 7) is -0.497.